The molecule has 1 aromatic carbocycles. The van der Waals surface area contributed by atoms with Gasteiger partial charge in [-0.05, 0) is 36.5 Å². The van der Waals surface area contributed by atoms with Crippen molar-refractivity contribution in [3.8, 4) is 5.75 Å². The summed E-state index contributed by atoms with van der Waals surface area (Å²) in [6.45, 7) is 7.44. The normalized spacial score (nSPS) is 10.9. The van der Waals surface area contributed by atoms with Gasteiger partial charge in [0.15, 0.2) is 5.96 Å². The van der Waals surface area contributed by atoms with E-state index in [4.69, 9.17) is 4.74 Å². The van der Waals surface area contributed by atoms with Gasteiger partial charge < -0.3 is 20.7 Å². The van der Waals surface area contributed by atoms with Gasteiger partial charge in [-0.2, -0.15) is 0 Å². The number of hydrogen-bond acceptors (Lipinski definition) is 3. The topological polar surface area (TPSA) is 74.8 Å². The highest BCUT2D eigenvalue weighted by Crippen LogP contribution is 2.25. The number of anilines is 1. The Balaban J connectivity index is 0.00000576. The van der Waals surface area contributed by atoms with Crippen molar-refractivity contribution in [2.75, 3.05) is 26.0 Å². The molecule has 0 atom stereocenters. The molecule has 0 aliphatic heterocycles. The standard InChI is InChI=1S/C18H30N4O2.HI/c1-13(2)7-6-10-20-18(19-4)21-12-15-8-9-17(24-5)16(11-15)22-14(3)23;/h8-9,11,13H,6-7,10,12H2,1-5H3,(H,22,23)(H2,19,20,21);1H. The van der Waals surface area contributed by atoms with Crippen LogP contribution in [0.2, 0.25) is 0 Å². The molecule has 6 nitrogen and oxygen atoms in total. The third-order valence-corrected chi connectivity index (χ3v) is 3.51. The molecule has 0 unspecified atom stereocenters. The molecule has 0 heterocycles. The quantitative estimate of drug-likeness (QED) is 0.240. The van der Waals surface area contributed by atoms with Crippen LogP contribution in [0.3, 0.4) is 0 Å². The minimum atomic E-state index is -0.124. The molecule has 0 aromatic heterocycles. The first-order chi connectivity index (χ1) is 11.5. The average molecular weight is 462 g/mol. The van der Waals surface area contributed by atoms with Crippen molar-refractivity contribution < 1.29 is 9.53 Å². The smallest absolute Gasteiger partial charge is 0.221 e. The van der Waals surface area contributed by atoms with Gasteiger partial charge in [-0.25, -0.2) is 0 Å². The monoisotopic (exact) mass is 462 g/mol. The summed E-state index contributed by atoms with van der Waals surface area (Å²) in [5.74, 6) is 2.01. The summed E-state index contributed by atoms with van der Waals surface area (Å²) in [6, 6.07) is 5.71. The van der Waals surface area contributed by atoms with Gasteiger partial charge in [-0.1, -0.05) is 19.9 Å². The Kier molecular flexibility index (Phi) is 12.0. The van der Waals surface area contributed by atoms with Crippen LogP contribution in [0.25, 0.3) is 0 Å². The fraction of sp³-hybridized carbons (Fsp3) is 0.556. The number of amides is 1. The summed E-state index contributed by atoms with van der Waals surface area (Å²) < 4.78 is 5.26. The molecule has 0 saturated carbocycles. The van der Waals surface area contributed by atoms with E-state index in [0.29, 0.717) is 23.9 Å². The van der Waals surface area contributed by atoms with Gasteiger partial charge >= 0.3 is 0 Å². The number of benzene rings is 1. The zero-order valence-electron chi connectivity index (χ0n) is 15.8. The molecule has 1 aromatic rings. The number of guanidine groups is 1. The number of methoxy groups -OCH3 is 1. The predicted octanol–water partition coefficient (Wildman–Crippen LogP) is 3.37. The number of carbonyl (C=O) groups is 1. The maximum Gasteiger partial charge on any atom is 0.221 e. The minimum Gasteiger partial charge on any atom is -0.495 e. The molecule has 3 N–H and O–H groups in total. The molecule has 0 bridgehead atoms. The van der Waals surface area contributed by atoms with E-state index in [9.17, 15) is 4.79 Å². The van der Waals surface area contributed by atoms with E-state index in [1.165, 1.54) is 13.3 Å². The Morgan fingerprint density at radius 1 is 1.28 bits per heavy atom. The van der Waals surface area contributed by atoms with E-state index in [1.54, 1.807) is 14.2 Å². The van der Waals surface area contributed by atoms with Crippen molar-refractivity contribution in [1.29, 1.82) is 0 Å². The van der Waals surface area contributed by atoms with Crippen molar-refractivity contribution in [2.24, 2.45) is 10.9 Å². The number of carbonyl (C=O) groups excluding carboxylic acids is 1. The van der Waals surface area contributed by atoms with Crippen LogP contribution in [0, 0.1) is 5.92 Å². The second-order valence-electron chi connectivity index (χ2n) is 6.10. The van der Waals surface area contributed by atoms with E-state index in [1.807, 2.05) is 18.2 Å². The first kappa shape index (κ1) is 23.5. The molecular formula is C18H31IN4O2. The highest BCUT2D eigenvalue weighted by molar-refractivity contribution is 14.0. The summed E-state index contributed by atoms with van der Waals surface area (Å²) >= 11 is 0. The lowest BCUT2D eigenvalue weighted by molar-refractivity contribution is -0.114. The molecule has 0 radical (unpaired) electrons. The highest BCUT2D eigenvalue weighted by atomic mass is 127. The maximum absolute atomic E-state index is 11.3. The summed E-state index contributed by atoms with van der Waals surface area (Å²) in [5, 5.41) is 9.37. The molecule has 0 aliphatic carbocycles. The van der Waals surface area contributed by atoms with E-state index in [2.05, 4.69) is 34.8 Å². The lowest BCUT2D eigenvalue weighted by Gasteiger charge is -2.14. The number of nitrogens with zero attached hydrogens (tertiary/aromatic N) is 1. The fourth-order valence-corrected chi connectivity index (χ4v) is 2.28. The van der Waals surface area contributed by atoms with Gasteiger partial charge in [0.1, 0.15) is 5.75 Å². The molecule has 0 aliphatic rings. The molecule has 0 saturated heterocycles. The third-order valence-electron chi connectivity index (χ3n) is 3.51. The molecule has 0 fully saturated rings. The van der Waals surface area contributed by atoms with Gasteiger partial charge in [0, 0.05) is 27.1 Å². The maximum atomic E-state index is 11.3. The predicted molar refractivity (Wildman–Crippen MR) is 115 cm³/mol. The van der Waals surface area contributed by atoms with Crippen LogP contribution in [0.5, 0.6) is 5.75 Å². The summed E-state index contributed by atoms with van der Waals surface area (Å²) in [4.78, 5) is 15.5. The molecule has 0 spiro atoms. The molecule has 25 heavy (non-hydrogen) atoms. The molecule has 142 valence electrons. The zero-order valence-corrected chi connectivity index (χ0v) is 18.1. The Morgan fingerprint density at radius 3 is 2.56 bits per heavy atom. The van der Waals surface area contributed by atoms with Crippen molar-refractivity contribution in [3.63, 3.8) is 0 Å². The van der Waals surface area contributed by atoms with Gasteiger partial charge in [0.25, 0.3) is 0 Å². The van der Waals surface area contributed by atoms with Crippen molar-refractivity contribution >= 4 is 41.5 Å². The van der Waals surface area contributed by atoms with E-state index >= 15 is 0 Å². The van der Waals surface area contributed by atoms with E-state index in [0.717, 1.165) is 24.5 Å². The van der Waals surface area contributed by atoms with Crippen LogP contribution in [-0.2, 0) is 11.3 Å². The number of hydrogen-bond donors (Lipinski definition) is 3. The van der Waals surface area contributed by atoms with Crippen molar-refractivity contribution in [3.05, 3.63) is 23.8 Å². The second kappa shape index (κ2) is 12.8. The number of aliphatic imine (C=N–C) groups is 1. The third kappa shape index (κ3) is 9.52. The Morgan fingerprint density at radius 2 is 2.00 bits per heavy atom. The molecule has 1 rings (SSSR count). The van der Waals surface area contributed by atoms with Crippen LogP contribution < -0.4 is 20.7 Å². The molecular weight excluding hydrogens is 431 g/mol. The largest absolute Gasteiger partial charge is 0.495 e. The summed E-state index contributed by atoms with van der Waals surface area (Å²) in [6.07, 6.45) is 2.32. The summed E-state index contributed by atoms with van der Waals surface area (Å²) in [5.41, 5.74) is 1.70. The van der Waals surface area contributed by atoms with Crippen molar-refractivity contribution in [1.82, 2.24) is 10.6 Å². The molecule has 1 amide bonds. The van der Waals surface area contributed by atoms with Gasteiger partial charge in [-0.15, -0.1) is 24.0 Å². The number of halogens is 1. The number of nitrogens with one attached hydrogen (secondary N) is 3. The van der Waals surface area contributed by atoms with E-state index in [-0.39, 0.29) is 29.9 Å². The minimum absolute atomic E-state index is 0. The van der Waals surface area contributed by atoms with Crippen LogP contribution in [0.15, 0.2) is 23.2 Å². The SMILES string of the molecule is CN=C(NCCCC(C)C)NCc1ccc(OC)c(NC(C)=O)c1.I. The highest BCUT2D eigenvalue weighted by Gasteiger charge is 2.06. The van der Waals surface area contributed by atoms with Gasteiger partial charge in [0.2, 0.25) is 5.91 Å². The van der Waals surface area contributed by atoms with Crippen LogP contribution in [0.4, 0.5) is 5.69 Å². The van der Waals surface area contributed by atoms with Crippen LogP contribution in [0.1, 0.15) is 39.2 Å². The summed E-state index contributed by atoms with van der Waals surface area (Å²) in [7, 11) is 3.34. The lowest BCUT2D eigenvalue weighted by atomic mass is 10.1. The second-order valence-corrected chi connectivity index (χ2v) is 6.10. The average Bonchev–Trinajstić information content (AvgIpc) is 2.53. The van der Waals surface area contributed by atoms with Crippen LogP contribution >= 0.6 is 24.0 Å². The first-order valence-electron chi connectivity index (χ1n) is 8.35. The van der Waals surface area contributed by atoms with Gasteiger partial charge in [-0.3, -0.25) is 9.79 Å². The molecule has 7 heteroatoms. The lowest BCUT2D eigenvalue weighted by Crippen LogP contribution is -2.37. The van der Waals surface area contributed by atoms with Crippen molar-refractivity contribution in [2.45, 2.75) is 40.2 Å². The Hall–Kier alpha value is -1.51. The zero-order chi connectivity index (χ0) is 17.9. The number of ether oxygens (including phenoxy) is 1. The van der Waals surface area contributed by atoms with Gasteiger partial charge in [0.05, 0.1) is 12.8 Å². The Bertz CT molecular complexity index is 562. The Labute approximate surface area is 168 Å². The first-order valence-corrected chi connectivity index (χ1v) is 8.35. The number of rotatable bonds is 8. The van der Waals surface area contributed by atoms with E-state index < -0.39 is 0 Å². The van der Waals surface area contributed by atoms with Crippen LogP contribution in [-0.4, -0.2) is 32.6 Å². The fourth-order valence-electron chi connectivity index (χ4n) is 2.28.